The minimum absolute atomic E-state index is 0.00897. The lowest BCUT2D eigenvalue weighted by molar-refractivity contribution is -0.138. The molecule has 5 nitrogen and oxygen atoms in total. The van der Waals surface area contributed by atoms with Gasteiger partial charge in [-0.05, 0) is 93.2 Å². The number of nitrogens with one attached hydrogen (secondary N) is 1. The second-order valence-corrected chi connectivity index (χ2v) is 12.4. The molecule has 0 bridgehead atoms. The van der Waals surface area contributed by atoms with E-state index in [0.29, 0.717) is 16.9 Å². The van der Waals surface area contributed by atoms with Gasteiger partial charge in [-0.1, -0.05) is 39.0 Å². The minimum Gasteiger partial charge on any atom is -0.490 e. The summed E-state index contributed by atoms with van der Waals surface area (Å²) in [5, 5.41) is 13.1. The number of hydrogen-bond acceptors (Lipinski definition) is 4. The van der Waals surface area contributed by atoms with E-state index in [1.165, 1.54) is 18.2 Å². The van der Waals surface area contributed by atoms with Gasteiger partial charge in [0.1, 0.15) is 16.9 Å². The van der Waals surface area contributed by atoms with E-state index in [4.69, 9.17) is 9.47 Å². The summed E-state index contributed by atoms with van der Waals surface area (Å²) >= 11 is 0. The van der Waals surface area contributed by atoms with Gasteiger partial charge in [-0.25, -0.2) is 4.79 Å². The van der Waals surface area contributed by atoms with E-state index in [-0.39, 0.29) is 22.7 Å². The molecule has 0 heterocycles. The highest BCUT2D eigenvalue weighted by atomic mass is 19.4. The number of carbonyl (C=O) groups is 1. The monoisotopic (exact) mass is 523 g/mol. The van der Waals surface area contributed by atoms with Crippen LogP contribution < -0.4 is 10.1 Å². The van der Waals surface area contributed by atoms with Gasteiger partial charge in [0, 0.05) is 0 Å². The van der Waals surface area contributed by atoms with Crippen molar-refractivity contribution in [3.63, 3.8) is 0 Å². The minimum atomic E-state index is -4.62. The fourth-order valence-corrected chi connectivity index (χ4v) is 5.00. The highest BCUT2D eigenvalue weighted by molar-refractivity contribution is 5.89. The van der Waals surface area contributed by atoms with Gasteiger partial charge in [0.05, 0.1) is 18.2 Å². The maximum absolute atomic E-state index is 14.3. The molecule has 1 aliphatic carbocycles. The zero-order chi connectivity index (χ0) is 27.8. The van der Waals surface area contributed by atoms with Gasteiger partial charge in [0.25, 0.3) is 0 Å². The van der Waals surface area contributed by atoms with E-state index in [2.05, 4.69) is 26.1 Å². The Morgan fingerprint density at radius 1 is 0.973 bits per heavy atom. The van der Waals surface area contributed by atoms with Crippen molar-refractivity contribution in [2.45, 2.75) is 97.6 Å². The molecule has 1 fully saturated rings. The van der Waals surface area contributed by atoms with Crippen molar-refractivity contribution in [1.82, 2.24) is 5.32 Å². The first-order valence-electron chi connectivity index (χ1n) is 12.9. The number of carbonyl (C=O) groups excluding carboxylic acids is 1. The smallest absolute Gasteiger partial charge is 0.420 e. The molecule has 0 radical (unpaired) electrons. The van der Waals surface area contributed by atoms with E-state index >= 15 is 0 Å². The second kappa shape index (κ2) is 10.4. The Labute approximate surface area is 217 Å². The molecule has 8 heteroatoms. The van der Waals surface area contributed by atoms with Crippen molar-refractivity contribution in [1.29, 1.82) is 0 Å². The van der Waals surface area contributed by atoms with Crippen molar-refractivity contribution >= 4 is 16.9 Å². The van der Waals surface area contributed by atoms with Crippen LogP contribution in [0.1, 0.15) is 85.3 Å². The third kappa shape index (κ3) is 7.09. The van der Waals surface area contributed by atoms with Crippen LogP contribution in [0, 0.1) is 11.3 Å². The maximum Gasteiger partial charge on any atom is 0.420 e. The summed E-state index contributed by atoms with van der Waals surface area (Å²) in [4.78, 5) is 12.4. The number of amides is 1. The normalized spacial score (nSPS) is 20.8. The van der Waals surface area contributed by atoms with Crippen LogP contribution in [0.2, 0.25) is 0 Å². The zero-order valence-corrected chi connectivity index (χ0v) is 22.9. The Morgan fingerprint density at radius 2 is 1.59 bits per heavy atom. The predicted molar refractivity (Wildman–Crippen MR) is 139 cm³/mol. The van der Waals surface area contributed by atoms with Crippen molar-refractivity contribution < 1.29 is 32.5 Å². The highest BCUT2D eigenvalue weighted by Crippen LogP contribution is 2.44. The molecule has 1 aliphatic rings. The van der Waals surface area contributed by atoms with E-state index in [1.807, 2.05) is 0 Å². The third-order valence-corrected chi connectivity index (χ3v) is 7.19. The lowest BCUT2D eigenvalue weighted by atomic mass is 9.72. The van der Waals surface area contributed by atoms with Crippen LogP contribution in [-0.4, -0.2) is 29.5 Å². The Hall–Kier alpha value is -2.48. The third-order valence-electron chi connectivity index (χ3n) is 7.19. The predicted octanol–water partition coefficient (Wildman–Crippen LogP) is 7.57. The van der Waals surface area contributed by atoms with Crippen molar-refractivity contribution in [3.05, 3.63) is 41.5 Å². The van der Waals surface area contributed by atoms with Gasteiger partial charge in [-0.3, -0.25) is 0 Å². The molecule has 37 heavy (non-hydrogen) atoms. The summed E-state index contributed by atoms with van der Waals surface area (Å²) in [5.41, 5.74) is -2.18. The number of ether oxygens (including phenoxy) is 2. The van der Waals surface area contributed by atoms with Crippen molar-refractivity contribution in [2.24, 2.45) is 11.3 Å². The van der Waals surface area contributed by atoms with Gasteiger partial charge < -0.3 is 19.9 Å². The molecule has 0 aliphatic heterocycles. The van der Waals surface area contributed by atoms with E-state index in [0.717, 1.165) is 25.7 Å². The zero-order valence-electron chi connectivity index (χ0n) is 22.9. The molecule has 1 atom stereocenters. The number of alkyl carbamates (subject to hydrolysis) is 1. The lowest BCUT2D eigenvalue weighted by Crippen LogP contribution is -2.48. The molecule has 0 unspecified atom stereocenters. The fourth-order valence-electron chi connectivity index (χ4n) is 5.00. The van der Waals surface area contributed by atoms with Crippen LogP contribution in [-0.2, 0) is 16.5 Å². The number of hydrogen-bond donors (Lipinski definition) is 2. The van der Waals surface area contributed by atoms with Crippen LogP contribution >= 0.6 is 0 Å². The molecule has 0 spiro atoms. The van der Waals surface area contributed by atoms with E-state index in [1.54, 1.807) is 39.8 Å². The molecule has 2 N–H and O–H groups in total. The van der Waals surface area contributed by atoms with E-state index < -0.39 is 35.6 Å². The Kier molecular flexibility index (Phi) is 8.14. The Morgan fingerprint density at radius 3 is 2.11 bits per heavy atom. The number of benzene rings is 2. The van der Waals surface area contributed by atoms with Crippen molar-refractivity contribution in [3.8, 4) is 5.75 Å². The van der Waals surface area contributed by atoms with Crippen LogP contribution in [0.25, 0.3) is 10.8 Å². The van der Waals surface area contributed by atoms with Gasteiger partial charge in [-0.15, -0.1) is 0 Å². The van der Waals surface area contributed by atoms with Crippen LogP contribution in [0.3, 0.4) is 0 Å². The summed E-state index contributed by atoms with van der Waals surface area (Å²) < 4.78 is 54.1. The maximum atomic E-state index is 14.3. The number of rotatable bonds is 5. The molecule has 2 aromatic carbocycles. The number of alkyl halides is 3. The first-order chi connectivity index (χ1) is 16.9. The summed E-state index contributed by atoms with van der Waals surface area (Å²) in [6, 6.07) is 7.39. The Bertz CT molecular complexity index is 1110. The van der Waals surface area contributed by atoms with Gasteiger partial charge >= 0.3 is 12.3 Å². The molecule has 3 rings (SSSR count). The number of fused-ring (bicyclic) bond motifs is 1. The highest BCUT2D eigenvalue weighted by Gasteiger charge is 2.39. The average Bonchev–Trinajstić information content (AvgIpc) is 2.76. The van der Waals surface area contributed by atoms with E-state index in [9.17, 15) is 23.1 Å². The quantitative estimate of drug-likeness (QED) is 0.424. The molecular formula is C29H40F3NO4. The molecule has 1 saturated carbocycles. The van der Waals surface area contributed by atoms with Crippen LogP contribution in [0.5, 0.6) is 5.75 Å². The first kappa shape index (κ1) is 29.1. The molecule has 0 aromatic heterocycles. The number of halogens is 3. The van der Waals surface area contributed by atoms with Crippen LogP contribution in [0.15, 0.2) is 30.3 Å². The topological polar surface area (TPSA) is 67.8 Å². The summed E-state index contributed by atoms with van der Waals surface area (Å²) in [6.07, 6.45) is -2.30. The summed E-state index contributed by atoms with van der Waals surface area (Å²) in [6.45, 7) is 12.9. The van der Waals surface area contributed by atoms with Crippen molar-refractivity contribution in [2.75, 3.05) is 6.61 Å². The standard InChI is InChI=1S/C29H40F3NO4/c1-26(2,3)19-9-12-21(13-10-19)36-23-15-8-18-16-20(11-14-22(18)24(23)29(30,31)32)28(7,17-34)33-25(35)37-27(4,5)6/h8,11,14-16,19,21,34H,9-10,12-13,17H2,1-7H3,(H,33,35)/t19?,21?,28-/m0/s1. The average molecular weight is 524 g/mol. The fraction of sp³-hybridized carbons (Fsp3) is 0.621. The molecule has 206 valence electrons. The number of aliphatic hydroxyl groups is 1. The van der Waals surface area contributed by atoms with Gasteiger partial charge in [-0.2, -0.15) is 13.2 Å². The first-order valence-corrected chi connectivity index (χ1v) is 12.9. The van der Waals surface area contributed by atoms with Crippen LogP contribution in [0.4, 0.5) is 18.0 Å². The van der Waals surface area contributed by atoms with Gasteiger partial charge in [0.15, 0.2) is 0 Å². The summed E-state index contributed by atoms with van der Waals surface area (Å²) in [7, 11) is 0. The molecule has 2 aromatic rings. The largest absolute Gasteiger partial charge is 0.490 e. The lowest BCUT2D eigenvalue weighted by Gasteiger charge is -2.37. The molecule has 0 saturated heterocycles. The second-order valence-electron chi connectivity index (χ2n) is 12.4. The molecule has 1 amide bonds. The molecular weight excluding hydrogens is 483 g/mol. The summed E-state index contributed by atoms with van der Waals surface area (Å²) in [5.74, 6) is 0.364. The number of aliphatic hydroxyl groups excluding tert-OH is 1. The van der Waals surface area contributed by atoms with Gasteiger partial charge in [0.2, 0.25) is 0 Å². The Balaban J connectivity index is 1.91. The SMILES string of the molecule is CC(C)(C)OC(=O)N[C@@](C)(CO)c1ccc2c(C(F)(F)F)c(OC3CCC(C(C)(C)C)CC3)ccc2c1.